The summed E-state index contributed by atoms with van der Waals surface area (Å²) in [6.45, 7) is 6.14. The van der Waals surface area contributed by atoms with Gasteiger partial charge in [0.15, 0.2) is 9.84 Å². The van der Waals surface area contributed by atoms with Gasteiger partial charge in [0.1, 0.15) is 0 Å². The van der Waals surface area contributed by atoms with E-state index in [0.717, 1.165) is 31.7 Å². The zero-order chi connectivity index (χ0) is 13.9. The number of nitrogens with zero attached hydrogens (tertiary/aromatic N) is 2. The minimum Gasteiger partial charge on any atom is -0.366 e. The second-order valence-electron chi connectivity index (χ2n) is 6.06. The van der Waals surface area contributed by atoms with Gasteiger partial charge >= 0.3 is 0 Å². The van der Waals surface area contributed by atoms with E-state index in [1.54, 1.807) is 6.07 Å². The van der Waals surface area contributed by atoms with Crippen LogP contribution in [0.15, 0.2) is 23.1 Å². The van der Waals surface area contributed by atoms with Gasteiger partial charge in [0.05, 0.1) is 16.3 Å². The molecule has 0 bridgehead atoms. The molecule has 0 aromatic heterocycles. The van der Waals surface area contributed by atoms with Crippen molar-refractivity contribution in [3.05, 3.63) is 23.8 Å². The summed E-state index contributed by atoms with van der Waals surface area (Å²) in [5, 5.41) is 0. The Morgan fingerprint density at radius 3 is 2.95 bits per heavy atom. The molecule has 4 nitrogen and oxygen atoms in total. The van der Waals surface area contributed by atoms with Crippen molar-refractivity contribution in [2.24, 2.45) is 0 Å². The molecule has 20 heavy (non-hydrogen) atoms. The fourth-order valence-electron chi connectivity index (χ4n) is 4.14. The fraction of sp³-hybridized carbons (Fsp3) is 0.600. The molecule has 0 N–H and O–H groups in total. The third-order valence-electron chi connectivity index (χ3n) is 5.16. The Morgan fingerprint density at radius 2 is 2.15 bits per heavy atom. The van der Waals surface area contributed by atoms with Crippen LogP contribution in [0.3, 0.4) is 0 Å². The first kappa shape index (κ1) is 12.7. The highest BCUT2D eigenvalue weighted by Crippen LogP contribution is 2.49. The van der Waals surface area contributed by atoms with Crippen LogP contribution in [0.5, 0.6) is 0 Å². The van der Waals surface area contributed by atoms with Crippen molar-refractivity contribution in [2.45, 2.75) is 30.2 Å². The van der Waals surface area contributed by atoms with E-state index in [-0.39, 0.29) is 5.75 Å². The number of anilines is 1. The van der Waals surface area contributed by atoms with E-state index in [1.807, 2.05) is 6.07 Å². The van der Waals surface area contributed by atoms with Crippen molar-refractivity contribution in [2.75, 3.05) is 36.8 Å². The lowest BCUT2D eigenvalue weighted by atomic mass is 9.89. The van der Waals surface area contributed by atoms with E-state index in [1.165, 1.54) is 5.56 Å². The maximum Gasteiger partial charge on any atom is 0.182 e. The Labute approximate surface area is 120 Å². The largest absolute Gasteiger partial charge is 0.366 e. The lowest BCUT2D eigenvalue weighted by Gasteiger charge is -2.39. The van der Waals surface area contributed by atoms with E-state index < -0.39 is 9.84 Å². The molecule has 0 spiro atoms. The van der Waals surface area contributed by atoms with Gasteiger partial charge < -0.3 is 9.80 Å². The molecule has 4 rings (SSSR count). The third-order valence-corrected chi connectivity index (χ3v) is 6.88. The van der Waals surface area contributed by atoms with E-state index in [4.69, 9.17) is 0 Å². The maximum atomic E-state index is 12.3. The van der Waals surface area contributed by atoms with Gasteiger partial charge in [-0.3, -0.25) is 0 Å². The predicted octanol–water partition coefficient (Wildman–Crippen LogP) is 1.47. The molecular weight excluding hydrogens is 272 g/mol. The Balaban J connectivity index is 1.86. The van der Waals surface area contributed by atoms with Crippen LogP contribution in [0.25, 0.3) is 0 Å². The van der Waals surface area contributed by atoms with Crippen LogP contribution in [-0.2, 0) is 9.84 Å². The first-order valence-corrected chi connectivity index (χ1v) is 9.11. The predicted molar refractivity (Wildman–Crippen MR) is 79.1 cm³/mol. The van der Waals surface area contributed by atoms with Gasteiger partial charge in [0.2, 0.25) is 0 Å². The second kappa shape index (κ2) is 4.21. The van der Waals surface area contributed by atoms with Gasteiger partial charge in [-0.1, -0.05) is 19.1 Å². The molecule has 0 saturated carbocycles. The summed E-state index contributed by atoms with van der Waals surface area (Å²) in [6, 6.07) is 6.35. The second-order valence-corrected chi connectivity index (χ2v) is 8.14. The van der Waals surface area contributed by atoms with Gasteiger partial charge in [0.25, 0.3) is 0 Å². The molecule has 3 aliphatic rings. The van der Waals surface area contributed by atoms with Crippen LogP contribution in [0.1, 0.15) is 24.8 Å². The molecule has 0 radical (unpaired) electrons. The quantitative estimate of drug-likeness (QED) is 0.786. The van der Waals surface area contributed by atoms with Gasteiger partial charge in [0, 0.05) is 31.6 Å². The number of piperidine rings is 1. The van der Waals surface area contributed by atoms with Crippen LogP contribution in [-0.4, -0.2) is 51.3 Å². The van der Waals surface area contributed by atoms with Crippen LogP contribution in [0.2, 0.25) is 0 Å². The number of para-hydroxylation sites is 1. The van der Waals surface area contributed by atoms with Crippen molar-refractivity contribution in [1.29, 1.82) is 0 Å². The van der Waals surface area contributed by atoms with Gasteiger partial charge in [-0.15, -0.1) is 0 Å². The number of fused-ring (bicyclic) bond motifs is 3. The summed E-state index contributed by atoms with van der Waals surface area (Å²) in [5.74, 6) is 0.747. The molecule has 1 fully saturated rings. The Morgan fingerprint density at radius 1 is 1.30 bits per heavy atom. The van der Waals surface area contributed by atoms with Crippen molar-refractivity contribution >= 4 is 15.5 Å². The number of likely N-dealkylation sites (tertiary alicyclic amines) is 1. The normalized spacial score (nSPS) is 30.9. The first-order chi connectivity index (χ1) is 9.62. The summed E-state index contributed by atoms with van der Waals surface area (Å²) >= 11 is 0. The molecule has 3 aliphatic heterocycles. The Bertz CT molecular complexity index is 656. The van der Waals surface area contributed by atoms with E-state index in [0.29, 0.717) is 23.4 Å². The topological polar surface area (TPSA) is 40.6 Å². The van der Waals surface area contributed by atoms with Gasteiger partial charge in [-0.05, 0) is 24.6 Å². The number of benzene rings is 1. The molecule has 1 aromatic rings. The number of likely N-dealkylation sites (N-methyl/N-ethyl adjacent to an activating group) is 1. The van der Waals surface area contributed by atoms with Crippen LogP contribution >= 0.6 is 0 Å². The average molecular weight is 292 g/mol. The summed E-state index contributed by atoms with van der Waals surface area (Å²) in [4.78, 5) is 5.43. The summed E-state index contributed by atoms with van der Waals surface area (Å²) in [7, 11) is -3.07. The maximum absolute atomic E-state index is 12.3. The molecule has 5 heteroatoms. The first-order valence-electron chi connectivity index (χ1n) is 7.46. The van der Waals surface area contributed by atoms with Crippen LogP contribution < -0.4 is 4.90 Å². The highest BCUT2D eigenvalue weighted by atomic mass is 32.2. The van der Waals surface area contributed by atoms with Crippen molar-refractivity contribution in [1.82, 2.24) is 4.90 Å². The van der Waals surface area contributed by atoms with E-state index in [2.05, 4.69) is 22.8 Å². The molecule has 3 heterocycles. The average Bonchev–Trinajstić information content (AvgIpc) is 2.78. The lowest BCUT2D eigenvalue weighted by molar-refractivity contribution is 0.202. The lowest BCUT2D eigenvalue weighted by Crippen LogP contribution is -2.48. The minimum absolute atomic E-state index is 0.268. The molecule has 0 amide bonds. The van der Waals surface area contributed by atoms with E-state index >= 15 is 0 Å². The van der Waals surface area contributed by atoms with Crippen LogP contribution in [0.4, 0.5) is 5.69 Å². The number of rotatable bonds is 1. The molecule has 1 aromatic carbocycles. The van der Waals surface area contributed by atoms with Crippen molar-refractivity contribution in [3.8, 4) is 0 Å². The SMILES string of the molecule is CCN1CC[C@H]2[C@@H](C1)c1cccc3c1N2CCS3(=O)=O. The standard InChI is InChI=1S/C15H20N2O2S/c1-2-16-7-6-13-12(10-16)11-4-3-5-14-15(11)17(13)8-9-20(14,18)19/h3-5,12-13H,2,6-10H2,1H3/t12-,13-/m0/s1. The summed E-state index contributed by atoms with van der Waals surface area (Å²) < 4.78 is 24.6. The van der Waals surface area contributed by atoms with Gasteiger partial charge in [-0.25, -0.2) is 8.42 Å². The summed E-state index contributed by atoms with van der Waals surface area (Å²) in [5.41, 5.74) is 2.28. The third kappa shape index (κ3) is 1.59. The number of hydrogen-bond donors (Lipinski definition) is 0. The summed E-state index contributed by atoms with van der Waals surface area (Å²) in [6.07, 6.45) is 1.15. The zero-order valence-electron chi connectivity index (χ0n) is 11.7. The Kier molecular flexibility index (Phi) is 2.67. The van der Waals surface area contributed by atoms with Crippen LogP contribution in [0, 0.1) is 0 Å². The molecular formula is C15H20N2O2S. The monoisotopic (exact) mass is 292 g/mol. The smallest absolute Gasteiger partial charge is 0.182 e. The van der Waals surface area contributed by atoms with E-state index in [9.17, 15) is 8.42 Å². The molecule has 1 saturated heterocycles. The number of hydrogen-bond acceptors (Lipinski definition) is 4. The van der Waals surface area contributed by atoms with Crippen molar-refractivity contribution in [3.63, 3.8) is 0 Å². The highest BCUT2D eigenvalue weighted by molar-refractivity contribution is 7.91. The zero-order valence-corrected chi connectivity index (χ0v) is 12.6. The van der Waals surface area contributed by atoms with Crippen molar-refractivity contribution < 1.29 is 8.42 Å². The fourth-order valence-corrected chi connectivity index (χ4v) is 5.61. The molecule has 108 valence electrons. The highest BCUT2D eigenvalue weighted by Gasteiger charge is 2.46. The number of sulfone groups is 1. The minimum atomic E-state index is -3.07. The Hall–Kier alpha value is -1.07. The molecule has 0 aliphatic carbocycles. The molecule has 2 atom stereocenters. The molecule has 0 unspecified atom stereocenters. The van der Waals surface area contributed by atoms with Gasteiger partial charge in [-0.2, -0.15) is 0 Å².